The summed E-state index contributed by atoms with van der Waals surface area (Å²) < 4.78 is 33.7. The number of hydrogen-bond donors (Lipinski definition) is 1. The van der Waals surface area contributed by atoms with Gasteiger partial charge in [-0.15, -0.1) is 0 Å². The summed E-state index contributed by atoms with van der Waals surface area (Å²) in [6.45, 7) is 5.07. The number of hydrogen-bond acceptors (Lipinski definition) is 4. The summed E-state index contributed by atoms with van der Waals surface area (Å²) in [5.41, 5.74) is 4.36. The third-order valence-corrected chi connectivity index (χ3v) is 6.78. The minimum Gasteiger partial charge on any atom is -0.618 e. The van der Waals surface area contributed by atoms with Gasteiger partial charge in [0.25, 0.3) is 0 Å². The third-order valence-electron chi connectivity index (χ3n) is 5.47. The molecule has 0 amide bonds. The smallest absolute Gasteiger partial charge is 0.232 e. The lowest BCUT2D eigenvalue weighted by atomic mass is 10.0. The Morgan fingerprint density at radius 1 is 1.03 bits per heavy atom. The van der Waals surface area contributed by atoms with Gasteiger partial charge < -0.3 is 9.94 Å². The predicted molar refractivity (Wildman–Crippen MR) is 122 cm³/mol. The van der Waals surface area contributed by atoms with Crippen molar-refractivity contribution in [3.05, 3.63) is 76.8 Å². The first-order valence-corrected chi connectivity index (χ1v) is 12.0. The zero-order chi connectivity index (χ0) is 22.2. The average molecular weight is 439 g/mol. The molecule has 2 aromatic carbocycles. The summed E-state index contributed by atoms with van der Waals surface area (Å²) in [7, 11) is -3.42. The quantitative estimate of drug-likeness (QED) is 0.414. The number of ether oxygens (including phenoxy) is 1. The van der Waals surface area contributed by atoms with E-state index in [1.165, 1.54) is 18.4 Å². The second-order valence-corrected chi connectivity index (χ2v) is 9.99. The molecule has 1 saturated carbocycles. The monoisotopic (exact) mass is 438 g/mol. The number of aryl methyl sites for hydroxylation is 2. The van der Waals surface area contributed by atoms with Gasteiger partial charge >= 0.3 is 0 Å². The predicted octanol–water partition coefficient (Wildman–Crippen LogP) is 5.04. The van der Waals surface area contributed by atoms with Crippen LogP contribution in [0.5, 0.6) is 11.5 Å². The van der Waals surface area contributed by atoms with Gasteiger partial charge in [0.1, 0.15) is 11.5 Å². The molecule has 4 rings (SSSR count). The van der Waals surface area contributed by atoms with Crippen LogP contribution in [0.2, 0.25) is 0 Å². The van der Waals surface area contributed by atoms with Crippen molar-refractivity contribution in [2.45, 2.75) is 39.5 Å². The number of benzene rings is 2. The summed E-state index contributed by atoms with van der Waals surface area (Å²) in [6.07, 6.45) is 2.48. The molecule has 1 heterocycles. The number of nitrogens with zero attached hydrogens (tertiary/aromatic N) is 1. The maximum atomic E-state index is 12.1. The fourth-order valence-electron chi connectivity index (χ4n) is 3.55. The van der Waals surface area contributed by atoms with Crippen molar-refractivity contribution in [2.75, 3.05) is 10.5 Å². The molecule has 162 valence electrons. The van der Waals surface area contributed by atoms with Gasteiger partial charge in [0.15, 0.2) is 11.4 Å². The topological polar surface area (TPSA) is 82.3 Å². The Kier molecular flexibility index (Phi) is 5.62. The van der Waals surface area contributed by atoms with Gasteiger partial charge in [-0.25, -0.2) is 8.42 Å². The normalized spacial score (nSPS) is 13.8. The van der Waals surface area contributed by atoms with Crippen LogP contribution in [0.25, 0.3) is 11.1 Å². The maximum absolute atomic E-state index is 12.1. The van der Waals surface area contributed by atoms with Gasteiger partial charge in [0.2, 0.25) is 10.0 Å². The fourth-order valence-corrected chi connectivity index (χ4v) is 4.18. The van der Waals surface area contributed by atoms with Crippen molar-refractivity contribution in [3.8, 4) is 22.6 Å². The van der Waals surface area contributed by atoms with E-state index in [2.05, 4.69) is 16.9 Å². The molecular formula is C24H26N2O4S. The molecule has 1 fully saturated rings. The highest BCUT2D eigenvalue weighted by Gasteiger charge is 2.23. The van der Waals surface area contributed by atoms with Crippen molar-refractivity contribution in [2.24, 2.45) is 0 Å². The third kappa shape index (κ3) is 4.82. The van der Waals surface area contributed by atoms with Crippen LogP contribution >= 0.6 is 0 Å². The number of sulfonamides is 1. The first-order valence-electron chi connectivity index (χ1n) is 10.4. The maximum Gasteiger partial charge on any atom is 0.232 e. The average Bonchev–Trinajstić information content (AvgIpc) is 3.58. The van der Waals surface area contributed by atoms with Gasteiger partial charge in [-0.1, -0.05) is 12.1 Å². The highest BCUT2D eigenvalue weighted by atomic mass is 32.2. The van der Waals surface area contributed by atoms with Crippen LogP contribution in [-0.4, -0.2) is 14.2 Å². The standard InChI is InChI=1S/C24H26N2O4S/c1-4-31(28,29)25-21-9-12-24(30-22-10-7-19(8-11-22)18-5-6-18)23(15-21)20-13-16(2)26(27)17(3)14-20/h7-15,18,25H,4-6H2,1-3H3. The second-order valence-electron chi connectivity index (χ2n) is 7.98. The van der Waals surface area contributed by atoms with Gasteiger partial charge in [0.05, 0.1) is 5.75 Å². The molecule has 1 aliphatic carbocycles. The molecule has 0 bridgehead atoms. The molecule has 0 atom stereocenters. The fraction of sp³-hybridized carbons (Fsp3) is 0.292. The lowest BCUT2D eigenvalue weighted by Gasteiger charge is -2.15. The van der Waals surface area contributed by atoms with Gasteiger partial charge in [-0.05, 0) is 67.1 Å². The van der Waals surface area contributed by atoms with E-state index in [1.54, 1.807) is 51.1 Å². The summed E-state index contributed by atoms with van der Waals surface area (Å²) in [4.78, 5) is 0. The molecule has 1 N–H and O–H groups in total. The Labute approximate surface area is 183 Å². The minimum absolute atomic E-state index is 0.0202. The van der Waals surface area contributed by atoms with E-state index in [1.807, 2.05) is 12.1 Å². The largest absolute Gasteiger partial charge is 0.618 e. The van der Waals surface area contributed by atoms with Crippen LogP contribution in [0, 0.1) is 19.1 Å². The SMILES string of the molecule is CCS(=O)(=O)Nc1ccc(Oc2ccc(C3CC3)cc2)c(-c2cc(C)[n+]([O-])c(C)c2)c1. The molecule has 0 aliphatic heterocycles. The lowest BCUT2D eigenvalue weighted by Crippen LogP contribution is -2.33. The Hall–Kier alpha value is -3.06. The van der Waals surface area contributed by atoms with E-state index < -0.39 is 10.0 Å². The first-order chi connectivity index (χ1) is 14.8. The number of anilines is 1. The molecule has 0 saturated heterocycles. The van der Waals surface area contributed by atoms with Crippen LogP contribution in [0.15, 0.2) is 54.6 Å². The molecule has 7 heteroatoms. The molecule has 31 heavy (non-hydrogen) atoms. The zero-order valence-electron chi connectivity index (χ0n) is 17.9. The van der Waals surface area contributed by atoms with E-state index in [0.717, 1.165) is 10.3 Å². The molecule has 1 aromatic heterocycles. The highest BCUT2D eigenvalue weighted by Crippen LogP contribution is 2.41. The van der Waals surface area contributed by atoms with E-state index >= 15 is 0 Å². The van der Waals surface area contributed by atoms with Crippen LogP contribution in [0.4, 0.5) is 5.69 Å². The number of rotatable bonds is 7. The number of pyridine rings is 1. The highest BCUT2D eigenvalue weighted by molar-refractivity contribution is 7.92. The van der Waals surface area contributed by atoms with E-state index in [0.29, 0.717) is 40.1 Å². The van der Waals surface area contributed by atoms with Crippen LogP contribution in [-0.2, 0) is 10.0 Å². The summed E-state index contributed by atoms with van der Waals surface area (Å²) in [6, 6.07) is 16.8. The zero-order valence-corrected chi connectivity index (χ0v) is 18.7. The lowest BCUT2D eigenvalue weighted by molar-refractivity contribution is -0.619. The summed E-state index contributed by atoms with van der Waals surface area (Å²) in [5.74, 6) is 1.94. The molecular weight excluding hydrogens is 412 g/mol. The number of nitrogens with one attached hydrogen (secondary N) is 1. The molecule has 0 spiro atoms. The first kappa shape index (κ1) is 21.2. The Morgan fingerprint density at radius 2 is 1.68 bits per heavy atom. The van der Waals surface area contributed by atoms with Crippen molar-refractivity contribution in [1.29, 1.82) is 0 Å². The minimum atomic E-state index is -3.42. The van der Waals surface area contributed by atoms with Crippen molar-refractivity contribution < 1.29 is 17.9 Å². The van der Waals surface area contributed by atoms with Crippen molar-refractivity contribution in [3.63, 3.8) is 0 Å². The molecule has 0 unspecified atom stereocenters. The Balaban J connectivity index is 1.74. The van der Waals surface area contributed by atoms with E-state index in [4.69, 9.17) is 4.74 Å². The molecule has 1 aliphatic rings. The van der Waals surface area contributed by atoms with E-state index in [-0.39, 0.29) is 5.75 Å². The number of aromatic nitrogens is 1. The van der Waals surface area contributed by atoms with Crippen LogP contribution < -0.4 is 14.2 Å². The van der Waals surface area contributed by atoms with Crippen molar-refractivity contribution in [1.82, 2.24) is 0 Å². The molecule has 6 nitrogen and oxygen atoms in total. The van der Waals surface area contributed by atoms with Gasteiger partial charge in [-0.2, -0.15) is 4.73 Å². The van der Waals surface area contributed by atoms with Gasteiger partial charge in [0, 0.05) is 37.2 Å². The van der Waals surface area contributed by atoms with Crippen LogP contribution in [0.1, 0.15) is 42.6 Å². The van der Waals surface area contributed by atoms with Gasteiger partial charge in [-0.3, -0.25) is 4.72 Å². The second kappa shape index (κ2) is 8.23. The summed E-state index contributed by atoms with van der Waals surface area (Å²) >= 11 is 0. The summed E-state index contributed by atoms with van der Waals surface area (Å²) in [5, 5.41) is 12.1. The van der Waals surface area contributed by atoms with Crippen molar-refractivity contribution >= 4 is 15.7 Å². The Morgan fingerprint density at radius 3 is 2.26 bits per heavy atom. The molecule has 0 radical (unpaired) electrons. The van der Waals surface area contributed by atoms with E-state index in [9.17, 15) is 13.6 Å². The van der Waals surface area contributed by atoms with Crippen LogP contribution in [0.3, 0.4) is 0 Å². The Bertz CT molecular complexity index is 1190. The molecule has 3 aromatic rings.